The van der Waals surface area contributed by atoms with Crippen molar-refractivity contribution >= 4 is 26.0 Å². The number of halogens is 1. The highest BCUT2D eigenvalue weighted by molar-refractivity contribution is 9.09. The molecule has 0 aromatic heterocycles. The summed E-state index contributed by atoms with van der Waals surface area (Å²) < 4.78 is 27.4. The van der Waals surface area contributed by atoms with E-state index in [1.807, 2.05) is 6.92 Å². The highest BCUT2D eigenvalue weighted by Crippen LogP contribution is 2.18. The van der Waals surface area contributed by atoms with E-state index in [-0.39, 0.29) is 9.91 Å². The fourth-order valence-electron chi connectivity index (χ4n) is 1.30. The molecule has 0 aliphatic carbocycles. The number of rotatable bonds is 4. The zero-order valence-corrected chi connectivity index (χ0v) is 11.5. The first kappa shape index (κ1) is 13.6. The van der Waals surface area contributed by atoms with Gasteiger partial charge in [0.15, 0.2) is 0 Å². The molecule has 1 rings (SSSR count). The van der Waals surface area contributed by atoms with Crippen LogP contribution in [0.15, 0.2) is 23.1 Å². The molecule has 0 fully saturated rings. The normalized spacial score (nSPS) is 13.8. The number of alkyl halides is 1. The minimum atomic E-state index is -3.64. The highest BCUT2D eigenvalue weighted by Gasteiger charge is 2.12. The van der Waals surface area contributed by atoms with Crippen molar-refractivity contribution in [2.24, 2.45) is 5.14 Å². The van der Waals surface area contributed by atoms with E-state index in [0.717, 1.165) is 11.1 Å². The maximum Gasteiger partial charge on any atom is 0.238 e. The first-order valence-electron chi connectivity index (χ1n) is 4.64. The van der Waals surface area contributed by atoms with Gasteiger partial charge in [-0.3, -0.25) is 0 Å². The molecule has 6 heteroatoms. The number of nitrogens with two attached hydrogens (primary N) is 1. The van der Waals surface area contributed by atoms with Crippen LogP contribution < -0.4 is 5.14 Å². The summed E-state index contributed by atoms with van der Waals surface area (Å²) in [5, 5.41) is 4.93. The molecule has 1 aromatic rings. The fraction of sp³-hybridized carbons (Fsp3) is 0.400. The SMILES string of the molecule is COC(Br)Cc1cc(S(N)(=O)=O)ccc1C. The van der Waals surface area contributed by atoms with Gasteiger partial charge in [0.05, 0.1) is 4.90 Å². The molecule has 1 atom stereocenters. The Morgan fingerprint density at radius 2 is 2.12 bits per heavy atom. The van der Waals surface area contributed by atoms with Crippen molar-refractivity contribution in [1.82, 2.24) is 0 Å². The Morgan fingerprint density at radius 1 is 1.50 bits per heavy atom. The summed E-state index contributed by atoms with van der Waals surface area (Å²) in [5.41, 5.74) is 1.91. The van der Waals surface area contributed by atoms with Gasteiger partial charge in [0, 0.05) is 13.5 Å². The monoisotopic (exact) mass is 307 g/mol. The molecule has 4 nitrogen and oxygen atoms in total. The molecule has 0 bridgehead atoms. The average Bonchev–Trinajstić information content (AvgIpc) is 2.19. The lowest BCUT2D eigenvalue weighted by Crippen LogP contribution is -2.13. The second kappa shape index (κ2) is 5.27. The second-order valence-electron chi connectivity index (χ2n) is 3.48. The Hall–Kier alpha value is -0.430. The number of hydrogen-bond acceptors (Lipinski definition) is 3. The van der Waals surface area contributed by atoms with Crippen LogP contribution >= 0.6 is 15.9 Å². The van der Waals surface area contributed by atoms with E-state index in [4.69, 9.17) is 9.88 Å². The van der Waals surface area contributed by atoms with E-state index in [0.29, 0.717) is 6.42 Å². The van der Waals surface area contributed by atoms with Crippen molar-refractivity contribution < 1.29 is 13.2 Å². The van der Waals surface area contributed by atoms with Gasteiger partial charge in [-0.05, 0) is 30.2 Å². The quantitative estimate of drug-likeness (QED) is 0.858. The molecular formula is C10H14BrNO3S. The van der Waals surface area contributed by atoms with Crippen LogP contribution in [0.3, 0.4) is 0 Å². The lowest BCUT2D eigenvalue weighted by molar-refractivity contribution is 0.179. The summed E-state index contributed by atoms with van der Waals surface area (Å²) in [5.74, 6) is 0. The molecule has 1 unspecified atom stereocenters. The van der Waals surface area contributed by atoms with Crippen molar-refractivity contribution in [2.45, 2.75) is 23.3 Å². The Morgan fingerprint density at radius 3 is 2.62 bits per heavy atom. The van der Waals surface area contributed by atoms with Crippen LogP contribution in [0.25, 0.3) is 0 Å². The molecule has 1 aromatic carbocycles. The van der Waals surface area contributed by atoms with Gasteiger partial charge in [-0.1, -0.05) is 22.0 Å². The first-order chi connectivity index (χ1) is 7.34. The number of hydrogen-bond donors (Lipinski definition) is 1. The molecule has 90 valence electrons. The van der Waals surface area contributed by atoms with Gasteiger partial charge in [0.25, 0.3) is 0 Å². The van der Waals surface area contributed by atoms with E-state index in [1.165, 1.54) is 6.07 Å². The fourth-order valence-corrected chi connectivity index (χ4v) is 2.21. The molecule has 2 N–H and O–H groups in total. The number of benzene rings is 1. The maximum atomic E-state index is 11.2. The average molecular weight is 308 g/mol. The van der Waals surface area contributed by atoms with Crippen LogP contribution in [0, 0.1) is 6.92 Å². The van der Waals surface area contributed by atoms with E-state index < -0.39 is 10.0 Å². The van der Waals surface area contributed by atoms with Gasteiger partial charge in [-0.15, -0.1) is 0 Å². The number of aryl methyl sites for hydroxylation is 1. The van der Waals surface area contributed by atoms with Gasteiger partial charge in [0.1, 0.15) is 5.01 Å². The number of primary sulfonamides is 1. The van der Waals surface area contributed by atoms with Gasteiger partial charge in [-0.25, -0.2) is 13.6 Å². The Labute approximate surface area is 104 Å². The van der Waals surface area contributed by atoms with Crippen LogP contribution in [0.4, 0.5) is 0 Å². The Balaban J connectivity index is 3.09. The Kier molecular flexibility index (Phi) is 4.49. The third-order valence-electron chi connectivity index (χ3n) is 2.29. The van der Waals surface area contributed by atoms with Crippen molar-refractivity contribution in [2.75, 3.05) is 7.11 Å². The molecule has 0 aliphatic heterocycles. The lowest BCUT2D eigenvalue weighted by Gasteiger charge is -2.11. The molecule has 0 heterocycles. The minimum absolute atomic E-state index is 0.129. The predicted molar refractivity (Wildman–Crippen MR) is 66.0 cm³/mol. The van der Waals surface area contributed by atoms with Crippen LogP contribution in [-0.2, 0) is 21.2 Å². The third-order valence-corrected chi connectivity index (χ3v) is 3.89. The number of sulfonamides is 1. The van der Waals surface area contributed by atoms with Crippen molar-refractivity contribution in [3.8, 4) is 0 Å². The second-order valence-corrected chi connectivity index (χ2v) is 6.07. The van der Waals surface area contributed by atoms with Crippen molar-refractivity contribution in [3.63, 3.8) is 0 Å². The molecule has 0 aliphatic rings. The molecule has 0 radical (unpaired) electrons. The Bertz CT molecular complexity index is 473. The molecule has 0 spiro atoms. The van der Waals surface area contributed by atoms with Crippen LogP contribution in [0.5, 0.6) is 0 Å². The van der Waals surface area contributed by atoms with Gasteiger partial charge >= 0.3 is 0 Å². The number of methoxy groups -OCH3 is 1. The molecule has 0 amide bonds. The standard InChI is InChI=1S/C10H14BrNO3S/c1-7-3-4-9(16(12,13)14)5-8(7)6-10(11)15-2/h3-5,10H,6H2,1-2H3,(H2,12,13,14). The molecular weight excluding hydrogens is 294 g/mol. The van der Waals surface area contributed by atoms with Crippen LogP contribution in [-0.4, -0.2) is 20.5 Å². The maximum absolute atomic E-state index is 11.2. The highest BCUT2D eigenvalue weighted by atomic mass is 79.9. The minimum Gasteiger partial charge on any atom is -0.370 e. The van der Waals surface area contributed by atoms with E-state index in [2.05, 4.69) is 15.9 Å². The summed E-state index contributed by atoms with van der Waals surface area (Å²) in [7, 11) is -2.06. The predicted octanol–water partition coefficient (Wildman–Crippen LogP) is 1.55. The zero-order chi connectivity index (χ0) is 12.3. The number of ether oxygens (including phenoxy) is 1. The van der Waals surface area contributed by atoms with E-state index in [1.54, 1.807) is 19.2 Å². The summed E-state index contributed by atoms with van der Waals surface area (Å²) in [6.07, 6.45) is 0.589. The topological polar surface area (TPSA) is 69.4 Å². The van der Waals surface area contributed by atoms with Crippen molar-refractivity contribution in [1.29, 1.82) is 0 Å². The van der Waals surface area contributed by atoms with E-state index >= 15 is 0 Å². The summed E-state index contributed by atoms with van der Waals surface area (Å²) in [6.45, 7) is 1.91. The molecule has 0 saturated carbocycles. The first-order valence-corrected chi connectivity index (χ1v) is 7.10. The van der Waals surface area contributed by atoms with Crippen LogP contribution in [0.2, 0.25) is 0 Å². The van der Waals surface area contributed by atoms with Crippen LogP contribution in [0.1, 0.15) is 11.1 Å². The zero-order valence-electron chi connectivity index (χ0n) is 9.10. The van der Waals surface area contributed by atoms with Crippen molar-refractivity contribution in [3.05, 3.63) is 29.3 Å². The summed E-state index contributed by atoms with van der Waals surface area (Å²) in [6, 6.07) is 4.83. The largest absolute Gasteiger partial charge is 0.370 e. The van der Waals surface area contributed by atoms with Gasteiger partial charge in [0.2, 0.25) is 10.0 Å². The smallest absolute Gasteiger partial charge is 0.238 e. The third kappa shape index (κ3) is 3.55. The lowest BCUT2D eigenvalue weighted by atomic mass is 10.1. The van der Waals surface area contributed by atoms with Gasteiger partial charge < -0.3 is 4.74 Å². The molecule has 16 heavy (non-hydrogen) atoms. The van der Waals surface area contributed by atoms with Gasteiger partial charge in [-0.2, -0.15) is 0 Å². The van der Waals surface area contributed by atoms with E-state index in [9.17, 15) is 8.42 Å². The summed E-state index contributed by atoms with van der Waals surface area (Å²) >= 11 is 3.32. The molecule has 0 saturated heterocycles. The summed E-state index contributed by atoms with van der Waals surface area (Å²) in [4.78, 5) is 0.129.